The van der Waals surface area contributed by atoms with E-state index in [1.165, 1.54) is 11.3 Å². The van der Waals surface area contributed by atoms with E-state index in [0.29, 0.717) is 24.6 Å². The summed E-state index contributed by atoms with van der Waals surface area (Å²) < 4.78 is 25.5. The lowest BCUT2D eigenvalue weighted by atomic mass is 10.00. The standard InChI is InChI=1S/C33H35N3O5/c1-3-30(36-25(2)19-34-24-35-36)33(37)32(40-22-28-17-11-6-12-18-28)31(39-21-27-15-9-5-10-16-27)29(41-33)23-38-20-26-13-7-4-8-14-26/h3-19,24,29,31-32,37H,2,20-23H2,1H3/b30-3-/t29-,31-,32-,33?/m1/s1. The lowest BCUT2D eigenvalue weighted by Crippen LogP contribution is -2.50. The van der Waals surface area contributed by atoms with E-state index in [4.69, 9.17) is 18.9 Å². The molecule has 2 aliphatic rings. The molecular weight excluding hydrogens is 518 g/mol. The molecule has 3 aromatic carbocycles. The van der Waals surface area contributed by atoms with Crippen molar-refractivity contribution in [1.29, 1.82) is 0 Å². The molecule has 8 nitrogen and oxygen atoms in total. The molecule has 0 amide bonds. The molecule has 1 fully saturated rings. The Morgan fingerprint density at radius 1 is 0.902 bits per heavy atom. The highest BCUT2D eigenvalue weighted by atomic mass is 16.7. The average molecular weight is 554 g/mol. The van der Waals surface area contributed by atoms with Crippen LogP contribution in [0.5, 0.6) is 0 Å². The smallest absolute Gasteiger partial charge is 0.240 e. The lowest BCUT2D eigenvalue weighted by Gasteiger charge is -2.36. The minimum absolute atomic E-state index is 0.171. The van der Waals surface area contributed by atoms with Crippen molar-refractivity contribution >= 4 is 12.6 Å². The molecule has 1 saturated heterocycles. The van der Waals surface area contributed by atoms with Gasteiger partial charge >= 0.3 is 0 Å². The van der Waals surface area contributed by atoms with Crippen molar-refractivity contribution in [3.8, 4) is 0 Å². The van der Waals surface area contributed by atoms with Crippen molar-refractivity contribution < 1.29 is 24.1 Å². The van der Waals surface area contributed by atoms with Crippen molar-refractivity contribution in [1.82, 2.24) is 5.01 Å². The summed E-state index contributed by atoms with van der Waals surface area (Å²) in [5, 5.41) is 18.2. The van der Waals surface area contributed by atoms with Crippen LogP contribution in [0.3, 0.4) is 0 Å². The molecule has 1 N–H and O–H groups in total. The van der Waals surface area contributed by atoms with E-state index in [1.54, 1.807) is 19.2 Å². The molecule has 0 aliphatic carbocycles. The molecule has 4 atom stereocenters. The summed E-state index contributed by atoms with van der Waals surface area (Å²) in [6.45, 7) is 6.95. The zero-order valence-corrected chi connectivity index (χ0v) is 23.1. The molecule has 2 aliphatic heterocycles. The van der Waals surface area contributed by atoms with Gasteiger partial charge in [0.15, 0.2) is 0 Å². The predicted octanol–water partition coefficient (Wildman–Crippen LogP) is 5.21. The van der Waals surface area contributed by atoms with Gasteiger partial charge in [-0.1, -0.05) is 104 Å². The second kappa shape index (κ2) is 13.6. The van der Waals surface area contributed by atoms with Crippen LogP contribution >= 0.6 is 0 Å². The Kier molecular flexibility index (Phi) is 9.51. The Hall–Kier alpha value is -3.92. The van der Waals surface area contributed by atoms with E-state index in [1.807, 2.05) is 91.0 Å². The maximum Gasteiger partial charge on any atom is 0.240 e. The molecule has 3 aromatic rings. The quantitative estimate of drug-likeness (QED) is 0.332. The van der Waals surface area contributed by atoms with Crippen LogP contribution in [0, 0.1) is 0 Å². The van der Waals surface area contributed by atoms with Gasteiger partial charge in [0.05, 0.1) is 38.3 Å². The number of hydrogen-bond acceptors (Lipinski definition) is 8. The molecule has 0 bridgehead atoms. The van der Waals surface area contributed by atoms with Crippen LogP contribution in [-0.2, 0) is 38.8 Å². The summed E-state index contributed by atoms with van der Waals surface area (Å²) >= 11 is 0. The van der Waals surface area contributed by atoms with Gasteiger partial charge in [0.25, 0.3) is 0 Å². The largest absolute Gasteiger partial charge is 0.374 e. The maximum absolute atomic E-state index is 12.4. The van der Waals surface area contributed by atoms with E-state index >= 15 is 0 Å². The van der Waals surface area contributed by atoms with E-state index < -0.39 is 24.1 Å². The summed E-state index contributed by atoms with van der Waals surface area (Å²) in [5.74, 6) is -1.93. The second-order valence-corrected chi connectivity index (χ2v) is 9.82. The highest BCUT2D eigenvalue weighted by Gasteiger charge is 2.59. The molecule has 5 rings (SSSR count). The molecule has 8 heteroatoms. The molecule has 2 heterocycles. The third kappa shape index (κ3) is 6.87. The van der Waals surface area contributed by atoms with Gasteiger partial charge in [-0.2, -0.15) is 5.10 Å². The van der Waals surface area contributed by atoms with Gasteiger partial charge in [-0.3, -0.25) is 0 Å². The van der Waals surface area contributed by atoms with Crippen LogP contribution in [0.1, 0.15) is 23.6 Å². The van der Waals surface area contributed by atoms with Gasteiger partial charge in [-0.15, -0.1) is 0 Å². The molecule has 0 saturated carbocycles. The number of aliphatic imine (C=N–C) groups is 1. The normalized spacial score (nSPS) is 24.2. The lowest BCUT2D eigenvalue weighted by molar-refractivity contribution is -0.227. The van der Waals surface area contributed by atoms with E-state index in [-0.39, 0.29) is 13.2 Å². The van der Waals surface area contributed by atoms with Gasteiger partial charge in [-0.25, -0.2) is 10.0 Å². The number of ether oxygens (including phenoxy) is 4. The number of allylic oxidation sites excluding steroid dienone is 2. The first-order valence-corrected chi connectivity index (χ1v) is 13.6. The third-order valence-electron chi connectivity index (χ3n) is 6.93. The highest BCUT2D eigenvalue weighted by Crippen LogP contribution is 2.42. The van der Waals surface area contributed by atoms with E-state index in [0.717, 1.165) is 16.7 Å². The van der Waals surface area contributed by atoms with E-state index in [9.17, 15) is 5.11 Å². The number of nitrogens with zero attached hydrogens (tertiary/aromatic N) is 3. The molecule has 0 aromatic heterocycles. The zero-order valence-electron chi connectivity index (χ0n) is 23.1. The second-order valence-electron chi connectivity index (χ2n) is 9.82. The van der Waals surface area contributed by atoms with Crippen molar-refractivity contribution in [2.75, 3.05) is 6.61 Å². The van der Waals surface area contributed by atoms with Crippen LogP contribution in [0.25, 0.3) is 0 Å². The number of rotatable bonds is 12. The summed E-state index contributed by atoms with van der Waals surface area (Å²) in [5.41, 5.74) is 3.80. The Morgan fingerprint density at radius 3 is 2.02 bits per heavy atom. The number of benzene rings is 3. The van der Waals surface area contributed by atoms with Gasteiger partial charge in [0.2, 0.25) is 5.79 Å². The van der Waals surface area contributed by atoms with Crippen LogP contribution in [0.2, 0.25) is 0 Å². The van der Waals surface area contributed by atoms with Crippen molar-refractivity contribution in [3.05, 3.63) is 132 Å². The fourth-order valence-corrected chi connectivity index (χ4v) is 4.94. The first-order valence-electron chi connectivity index (χ1n) is 13.6. The molecule has 1 unspecified atom stereocenters. The van der Waals surface area contributed by atoms with Crippen LogP contribution in [0.4, 0.5) is 0 Å². The fraction of sp³-hybridized carbons (Fsp3) is 0.273. The minimum atomic E-state index is -1.93. The maximum atomic E-state index is 12.4. The Morgan fingerprint density at radius 2 is 1.46 bits per heavy atom. The van der Waals surface area contributed by atoms with Gasteiger partial charge in [0, 0.05) is 0 Å². The van der Waals surface area contributed by atoms with E-state index in [2.05, 4.69) is 16.7 Å². The van der Waals surface area contributed by atoms with Crippen molar-refractivity contribution in [2.45, 2.75) is 50.8 Å². The zero-order chi connectivity index (χ0) is 28.5. The Bertz CT molecular complexity index is 1360. The van der Waals surface area contributed by atoms with Crippen LogP contribution in [0.15, 0.2) is 125 Å². The summed E-state index contributed by atoms with van der Waals surface area (Å²) in [6.07, 6.45) is 2.44. The van der Waals surface area contributed by atoms with Crippen LogP contribution < -0.4 is 0 Å². The molecule has 0 radical (unpaired) electrons. The van der Waals surface area contributed by atoms with Crippen LogP contribution in [-0.4, -0.2) is 53.4 Å². The first-order chi connectivity index (χ1) is 20.1. The SMILES string of the molecule is C=C1C=NC=NN1/C(=C\C)C1(O)O[C@H](COCc2ccccc2)[C@@H](OCc2ccccc2)[C@H]1OCc1ccccc1. The van der Waals surface area contributed by atoms with Gasteiger partial charge < -0.3 is 24.1 Å². The number of aliphatic hydroxyl groups is 1. The average Bonchev–Trinajstić information content (AvgIpc) is 3.28. The monoisotopic (exact) mass is 553 g/mol. The minimum Gasteiger partial charge on any atom is -0.374 e. The summed E-state index contributed by atoms with van der Waals surface area (Å²) in [7, 11) is 0. The molecule has 212 valence electrons. The van der Waals surface area contributed by atoms with Gasteiger partial charge in [-0.05, 0) is 23.6 Å². The fourth-order valence-electron chi connectivity index (χ4n) is 4.94. The predicted molar refractivity (Wildman–Crippen MR) is 158 cm³/mol. The molecular formula is C33H35N3O5. The number of hydrazone groups is 1. The van der Waals surface area contributed by atoms with Gasteiger partial charge in [0.1, 0.15) is 30.3 Å². The Balaban J connectivity index is 1.45. The third-order valence-corrected chi connectivity index (χ3v) is 6.93. The summed E-state index contributed by atoms with van der Waals surface area (Å²) in [6, 6.07) is 29.6. The van der Waals surface area contributed by atoms with Crippen molar-refractivity contribution in [2.24, 2.45) is 10.1 Å². The molecule has 0 spiro atoms. The Labute approximate surface area is 240 Å². The first kappa shape index (κ1) is 28.6. The van der Waals surface area contributed by atoms with Crippen molar-refractivity contribution in [3.63, 3.8) is 0 Å². The molecule has 41 heavy (non-hydrogen) atoms. The topological polar surface area (TPSA) is 85.1 Å². The summed E-state index contributed by atoms with van der Waals surface area (Å²) in [4.78, 5) is 4.05. The highest BCUT2D eigenvalue weighted by molar-refractivity contribution is 5.86. The number of hydrogen-bond donors (Lipinski definition) is 1.